The number of aliphatic hydroxyl groups is 1. The normalized spacial score (nSPS) is 12.6. The van der Waals surface area contributed by atoms with Crippen LogP contribution >= 0.6 is 0 Å². The topological polar surface area (TPSA) is 72.8 Å². The summed E-state index contributed by atoms with van der Waals surface area (Å²) in [4.78, 5) is 24.7. The van der Waals surface area contributed by atoms with Crippen molar-refractivity contribution in [1.29, 1.82) is 0 Å². The van der Waals surface area contributed by atoms with Crippen molar-refractivity contribution in [3.8, 4) is 0 Å². The third-order valence-electron chi connectivity index (χ3n) is 17.7. The quantitative estimate of drug-likeness (QED) is 0.0373. The number of unbranched alkanes of at least 4 members (excludes halogenated alkanes) is 51. The van der Waals surface area contributed by atoms with Crippen LogP contribution < -0.4 is 0 Å². The minimum Gasteiger partial charge on any atom is -0.462 e. The second-order valence-corrected chi connectivity index (χ2v) is 26.4. The van der Waals surface area contributed by atoms with Crippen molar-refractivity contribution < 1.29 is 24.2 Å². The van der Waals surface area contributed by atoms with Gasteiger partial charge in [-0.2, -0.15) is 0 Å². The minimum atomic E-state index is -0.773. The summed E-state index contributed by atoms with van der Waals surface area (Å²) < 4.78 is 10.8. The molecule has 0 aliphatic carbocycles. The van der Waals surface area contributed by atoms with Gasteiger partial charge in [0.25, 0.3) is 0 Å². The van der Waals surface area contributed by atoms with Crippen LogP contribution in [0, 0.1) is 0 Å². The lowest BCUT2D eigenvalue weighted by molar-refractivity contribution is -0.161. The predicted octanol–water partition coefficient (Wildman–Crippen LogP) is 27.6. The van der Waals surface area contributed by atoms with Crippen LogP contribution in [0.15, 0.2) is 85.1 Å². The number of hydrogen-bond donors (Lipinski definition) is 1. The molecule has 0 radical (unpaired) electrons. The van der Waals surface area contributed by atoms with Crippen LogP contribution in [0.4, 0.5) is 0 Å². The number of ether oxygens (including phenoxy) is 2. The number of carbonyl (C=O) groups excluding carboxylic acids is 2. The van der Waals surface area contributed by atoms with E-state index in [9.17, 15) is 14.7 Å². The molecule has 0 rings (SSSR count). The number of hydrogen-bond acceptors (Lipinski definition) is 5. The standard InChI is InChI=1S/C83H150O5/c1-3-5-7-9-11-13-15-17-19-21-23-25-27-29-31-33-35-37-38-39-40-41-42-43-44-46-47-49-51-53-55-57-59-61-63-65-67-69-71-73-75-77-82(85)87-80-81(79-84)88-83(86)78-76-74-72-70-68-66-64-62-60-58-56-54-52-50-48-45-36-34-32-30-28-26-24-22-20-18-16-14-12-10-8-6-4-2/h6,8,12,14-15,17-18,20-21,23-24,26-27,29,81,84H,3-5,7,9-11,13,16,19,22,25,28,30-80H2,1-2H3/b8-6-,14-12-,17-15-,20-18-,23-21-,26-24-,29-27-. The Kier molecular flexibility index (Phi) is 75.7. The van der Waals surface area contributed by atoms with E-state index in [1.807, 2.05) is 0 Å². The highest BCUT2D eigenvalue weighted by atomic mass is 16.6. The summed E-state index contributed by atoms with van der Waals surface area (Å²) in [7, 11) is 0. The van der Waals surface area contributed by atoms with Gasteiger partial charge >= 0.3 is 11.9 Å². The van der Waals surface area contributed by atoms with Crippen molar-refractivity contribution in [1.82, 2.24) is 0 Å². The number of carbonyl (C=O) groups is 2. The van der Waals surface area contributed by atoms with E-state index in [4.69, 9.17) is 9.47 Å². The molecule has 0 spiro atoms. The van der Waals surface area contributed by atoms with Gasteiger partial charge in [0, 0.05) is 12.8 Å². The van der Waals surface area contributed by atoms with Crippen molar-refractivity contribution in [3.05, 3.63) is 85.1 Å². The second kappa shape index (κ2) is 78.3. The van der Waals surface area contributed by atoms with E-state index < -0.39 is 6.10 Å². The van der Waals surface area contributed by atoms with Gasteiger partial charge in [-0.3, -0.25) is 9.59 Å². The Morgan fingerprint density at radius 2 is 0.489 bits per heavy atom. The molecule has 0 bridgehead atoms. The third kappa shape index (κ3) is 75.5. The number of allylic oxidation sites excluding steroid dienone is 14. The summed E-state index contributed by atoms with van der Waals surface area (Å²) in [6, 6.07) is 0. The molecule has 1 unspecified atom stereocenters. The SMILES string of the molecule is CC/C=C\C/C=C\C/C=C\C/C=C\CCCCCCCCCCCCCCCCCCCCCCC(=O)OC(CO)COC(=O)CCCCCCCCCCCCCCCCCCCCCCCCCCCC/C=C\C/C=C\C/C=C\CCCCCCC. The molecule has 1 N–H and O–H groups in total. The lowest BCUT2D eigenvalue weighted by Gasteiger charge is -2.15. The summed E-state index contributed by atoms with van der Waals surface area (Å²) in [6.45, 7) is 4.07. The highest BCUT2D eigenvalue weighted by Crippen LogP contribution is 2.19. The van der Waals surface area contributed by atoms with Gasteiger partial charge in [-0.25, -0.2) is 0 Å². The highest BCUT2D eigenvalue weighted by Gasteiger charge is 2.16. The fraction of sp³-hybridized carbons (Fsp3) is 0.807. The van der Waals surface area contributed by atoms with Gasteiger partial charge in [0.05, 0.1) is 6.61 Å². The van der Waals surface area contributed by atoms with Gasteiger partial charge in [0.2, 0.25) is 0 Å². The zero-order valence-corrected chi connectivity index (χ0v) is 59.0. The fourth-order valence-electron chi connectivity index (χ4n) is 11.9. The molecule has 0 fully saturated rings. The molecular weight excluding hydrogens is 1080 g/mol. The average molecular weight is 1230 g/mol. The number of aliphatic hydroxyl groups excluding tert-OH is 1. The second-order valence-electron chi connectivity index (χ2n) is 26.4. The average Bonchev–Trinajstić information content (AvgIpc) is 3.56. The molecule has 0 aliphatic rings. The summed E-state index contributed by atoms with van der Waals surface area (Å²) in [5.74, 6) is -0.568. The van der Waals surface area contributed by atoms with Crippen LogP contribution in [0.1, 0.15) is 412 Å². The third-order valence-corrected chi connectivity index (χ3v) is 17.7. The van der Waals surface area contributed by atoms with E-state index in [1.165, 1.54) is 308 Å². The van der Waals surface area contributed by atoms with E-state index >= 15 is 0 Å². The molecule has 0 amide bonds. The number of esters is 2. The molecule has 5 heteroatoms. The molecule has 0 saturated heterocycles. The number of rotatable bonds is 73. The van der Waals surface area contributed by atoms with Gasteiger partial charge in [-0.15, -0.1) is 0 Å². The van der Waals surface area contributed by atoms with Crippen LogP contribution in [0.5, 0.6) is 0 Å². The van der Waals surface area contributed by atoms with E-state index in [-0.39, 0.29) is 25.2 Å². The fourth-order valence-corrected chi connectivity index (χ4v) is 11.9. The monoisotopic (exact) mass is 1230 g/mol. The van der Waals surface area contributed by atoms with Crippen LogP contribution in [-0.4, -0.2) is 36.4 Å². The van der Waals surface area contributed by atoms with Gasteiger partial charge < -0.3 is 14.6 Å². The van der Waals surface area contributed by atoms with Crippen LogP contribution in [-0.2, 0) is 19.1 Å². The Hall–Kier alpha value is -2.92. The van der Waals surface area contributed by atoms with Gasteiger partial charge in [0.15, 0.2) is 6.10 Å². The largest absolute Gasteiger partial charge is 0.462 e. The summed E-state index contributed by atoms with van der Waals surface area (Å²) >= 11 is 0. The minimum absolute atomic E-state index is 0.0615. The maximum atomic E-state index is 12.4. The summed E-state index contributed by atoms with van der Waals surface area (Å²) in [5.41, 5.74) is 0. The maximum absolute atomic E-state index is 12.4. The Labute approximate surface area is 549 Å². The van der Waals surface area contributed by atoms with Gasteiger partial charge in [-0.05, 0) is 89.9 Å². The molecule has 5 nitrogen and oxygen atoms in total. The van der Waals surface area contributed by atoms with Gasteiger partial charge in [0.1, 0.15) is 6.61 Å². The van der Waals surface area contributed by atoms with Crippen LogP contribution in [0.3, 0.4) is 0 Å². The Bertz CT molecular complexity index is 1580. The molecule has 0 heterocycles. The van der Waals surface area contributed by atoms with Crippen LogP contribution in [0.2, 0.25) is 0 Å². The van der Waals surface area contributed by atoms with E-state index in [0.29, 0.717) is 12.8 Å². The van der Waals surface area contributed by atoms with Crippen molar-refractivity contribution in [2.45, 2.75) is 418 Å². The summed E-state index contributed by atoms with van der Waals surface area (Å²) in [6.07, 6.45) is 111. The smallest absolute Gasteiger partial charge is 0.306 e. The van der Waals surface area contributed by atoms with E-state index in [2.05, 4.69) is 98.9 Å². The van der Waals surface area contributed by atoms with Crippen molar-refractivity contribution in [2.24, 2.45) is 0 Å². The zero-order valence-electron chi connectivity index (χ0n) is 59.0. The first-order chi connectivity index (χ1) is 43.6. The molecule has 0 saturated carbocycles. The van der Waals surface area contributed by atoms with E-state index in [1.54, 1.807) is 0 Å². The van der Waals surface area contributed by atoms with Crippen molar-refractivity contribution >= 4 is 11.9 Å². The molecule has 0 aromatic carbocycles. The molecule has 1 atom stereocenters. The molecule has 88 heavy (non-hydrogen) atoms. The Morgan fingerprint density at radius 1 is 0.273 bits per heavy atom. The molecule has 0 aromatic heterocycles. The molecular formula is C83H150O5. The van der Waals surface area contributed by atoms with Crippen molar-refractivity contribution in [2.75, 3.05) is 13.2 Å². The van der Waals surface area contributed by atoms with Crippen molar-refractivity contribution in [3.63, 3.8) is 0 Å². The predicted molar refractivity (Wildman–Crippen MR) is 390 cm³/mol. The lowest BCUT2D eigenvalue weighted by atomic mass is 10.0. The Balaban J connectivity index is 3.38. The first-order valence-corrected chi connectivity index (χ1v) is 39.1. The molecule has 0 aliphatic heterocycles. The zero-order chi connectivity index (χ0) is 63.3. The van der Waals surface area contributed by atoms with E-state index in [0.717, 1.165) is 77.0 Å². The maximum Gasteiger partial charge on any atom is 0.306 e. The van der Waals surface area contributed by atoms with Crippen LogP contribution in [0.25, 0.3) is 0 Å². The highest BCUT2D eigenvalue weighted by molar-refractivity contribution is 5.70. The lowest BCUT2D eigenvalue weighted by Crippen LogP contribution is -2.28. The molecule has 512 valence electrons. The Morgan fingerprint density at radius 3 is 0.739 bits per heavy atom. The first-order valence-electron chi connectivity index (χ1n) is 39.1. The summed E-state index contributed by atoms with van der Waals surface area (Å²) in [5, 5.41) is 9.73. The van der Waals surface area contributed by atoms with Gasteiger partial charge in [-0.1, -0.05) is 394 Å². The molecule has 0 aromatic rings. The first kappa shape index (κ1) is 85.1.